The van der Waals surface area contributed by atoms with Gasteiger partial charge in [-0.3, -0.25) is 4.90 Å². The molecule has 0 aromatic heterocycles. The zero-order valence-corrected chi connectivity index (χ0v) is 16.6. The summed E-state index contributed by atoms with van der Waals surface area (Å²) in [5.41, 5.74) is -2.30. The maximum atomic E-state index is 13.5. The van der Waals surface area contributed by atoms with Gasteiger partial charge in [0, 0.05) is 32.2 Å². The lowest BCUT2D eigenvalue weighted by atomic mass is 9.86. The third-order valence-corrected chi connectivity index (χ3v) is 4.73. The molecule has 0 bridgehead atoms. The summed E-state index contributed by atoms with van der Waals surface area (Å²) < 4.78 is 79.6. The van der Waals surface area contributed by atoms with Crippen molar-refractivity contribution in [3.8, 4) is 0 Å². The first-order chi connectivity index (χ1) is 11.6. The Hall–Kier alpha value is -0.700. The molecule has 1 fully saturated rings. The largest absolute Gasteiger partial charge is 0.416 e. The van der Waals surface area contributed by atoms with Crippen LogP contribution in [-0.2, 0) is 12.4 Å². The van der Waals surface area contributed by atoms with Crippen LogP contribution in [-0.4, -0.2) is 31.1 Å². The van der Waals surface area contributed by atoms with E-state index in [0.717, 1.165) is 0 Å². The highest BCUT2D eigenvalue weighted by atomic mass is 35.5. The smallest absolute Gasteiger partial charge is 0.314 e. The Bertz CT molecular complexity index is 586. The molecule has 2 nitrogen and oxygen atoms in total. The predicted octanol–water partition coefficient (Wildman–Crippen LogP) is 5.56. The van der Waals surface area contributed by atoms with E-state index in [0.29, 0.717) is 50.8 Å². The zero-order chi connectivity index (χ0) is 18.8. The van der Waals surface area contributed by atoms with E-state index >= 15 is 0 Å². The zero-order valence-electron chi connectivity index (χ0n) is 15.0. The van der Waals surface area contributed by atoms with Gasteiger partial charge in [0.15, 0.2) is 0 Å². The van der Waals surface area contributed by atoms with Crippen LogP contribution in [0.5, 0.6) is 0 Å². The van der Waals surface area contributed by atoms with Crippen molar-refractivity contribution in [2.24, 2.45) is 5.92 Å². The lowest BCUT2D eigenvalue weighted by molar-refractivity contribution is -0.142. The lowest BCUT2D eigenvalue weighted by Crippen LogP contribution is -2.47. The molecule has 1 aliphatic rings. The van der Waals surface area contributed by atoms with Crippen molar-refractivity contribution < 1.29 is 26.3 Å². The average Bonchev–Trinajstić information content (AvgIpc) is 2.54. The average molecular weight is 441 g/mol. The number of rotatable bonds is 4. The quantitative estimate of drug-likeness (QED) is 0.616. The summed E-state index contributed by atoms with van der Waals surface area (Å²) in [6.45, 7) is 5.83. The van der Waals surface area contributed by atoms with Crippen LogP contribution in [0.15, 0.2) is 18.2 Å². The van der Waals surface area contributed by atoms with E-state index < -0.39 is 29.5 Å². The minimum Gasteiger partial charge on any atom is -0.314 e. The topological polar surface area (TPSA) is 15.3 Å². The third kappa shape index (κ3) is 6.41. The summed E-state index contributed by atoms with van der Waals surface area (Å²) in [5.74, 6) is -0.206. The summed E-state index contributed by atoms with van der Waals surface area (Å²) in [5, 5.41) is 3.11. The van der Waals surface area contributed by atoms with Gasteiger partial charge in [-0.25, -0.2) is 0 Å². The molecule has 2 rings (SSSR count). The van der Waals surface area contributed by atoms with Crippen LogP contribution >= 0.6 is 24.8 Å². The number of hydrogen-bond donors (Lipinski definition) is 1. The molecule has 1 N–H and O–H groups in total. The number of alkyl halides is 6. The molecule has 0 aliphatic carbocycles. The Labute approximate surface area is 167 Å². The second kappa shape index (κ2) is 10.2. The molecule has 1 saturated heterocycles. The lowest BCUT2D eigenvalue weighted by Gasteiger charge is -2.39. The maximum absolute atomic E-state index is 13.5. The first kappa shape index (κ1) is 26.3. The van der Waals surface area contributed by atoms with Crippen LogP contribution in [0.3, 0.4) is 0 Å². The normalized spacial score (nSPS) is 18.2. The van der Waals surface area contributed by atoms with Crippen molar-refractivity contribution in [3.63, 3.8) is 0 Å². The van der Waals surface area contributed by atoms with Crippen LogP contribution in [0.2, 0.25) is 0 Å². The summed E-state index contributed by atoms with van der Waals surface area (Å²) in [6, 6.07) is 1.06. The van der Waals surface area contributed by atoms with Crippen molar-refractivity contribution in [1.29, 1.82) is 0 Å². The molecule has 1 aromatic carbocycles. The minimum absolute atomic E-state index is 0. The van der Waals surface area contributed by atoms with Gasteiger partial charge in [-0.15, -0.1) is 24.8 Å². The Morgan fingerprint density at radius 2 is 1.56 bits per heavy atom. The molecule has 0 spiro atoms. The Morgan fingerprint density at radius 3 is 2.00 bits per heavy atom. The first-order valence-electron chi connectivity index (χ1n) is 8.28. The number of nitrogens with zero attached hydrogens (tertiary/aromatic N) is 1. The van der Waals surface area contributed by atoms with Crippen molar-refractivity contribution in [1.82, 2.24) is 10.2 Å². The first-order valence-corrected chi connectivity index (χ1v) is 8.28. The third-order valence-electron chi connectivity index (χ3n) is 4.73. The molecule has 0 amide bonds. The van der Waals surface area contributed by atoms with Gasteiger partial charge < -0.3 is 5.32 Å². The molecule has 1 heterocycles. The van der Waals surface area contributed by atoms with Gasteiger partial charge in [0.25, 0.3) is 0 Å². The minimum atomic E-state index is -4.70. The van der Waals surface area contributed by atoms with Crippen LogP contribution < -0.4 is 5.32 Å². The maximum Gasteiger partial charge on any atom is 0.416 e. The summed E-state index contributed by atoms with van der Waals surface area (Å²) in [4.78, 5) is 1.86. The standard InChI is InChI=1S/C17H22F6N2.2ClH/c1-3-11(2)15(25-8-6-24-7-9-25)13-10-12(16(18,19)20)4-5-14(13)17(21,22)23;;/h4-5,10-11,15,24H,3,6-9H2,1-2H3;2*1H/t11?,15-;;/m0../s1. The van der Waals surface area contributed by atoms with E-state index in [1.165, 1.54) is 0 Å². The van der Waals surface area contributed by atoms with Crippen molar-refractivity contribution in [3.05, 3.63) is 34.9 Å². The molecular formula is C17H24Cl2F6N2. The van der Waals surface area contributed by atoms with Crippen molar-refractivity contribution in [2.75, 3.05) is 26.2 Å². The van der Waals surface area contributed by atoms with Gasteiger partial charge >= 0.3 is 12.4 Å². The molecule has 0 radical (unpaired) electrons. The SMILES string of the molecule is CCC(C)[C@@H](c1cc(C(F)(F)F)ccc1C(F)(F)F)N1CCNCC1.Cl.Cl. The summed E-state index contributed by atoms with van der Waals surface area (Å²) in [7, 11) is 0. The van der Waals surface area contributed by atoms with Gasteiger partial charge in [0.05, 0.1) is 11.1 Å². The predicted molar refractivity (Wildman–Crippen MR) is 97.6 cm³/mol. The second-order valence-corrected chi connectivity index (χ2v) is 6.41. The van der Waals surface area contributed by atoms with Crippen molar-refractivity contribution in [2.45, 2.75) is 38.7 Å². The van der Waals surface area contributed by atoms with Crippen molar-refractivity contribution >= 4 is 24.8 Å². The fourth-order valence-corrected chi connectivity index (χ4v) is 3.29. The van der Waals surface area contributed by atoms with Crippen LogP contribution in [0.25, 0.3) is 0 Å². The van der Waals surface area contributed by atoms with E-state index in [1.807, 2.05) is 11.8 Å². The summed E-state index contributed by atoms with van der Waals surface area (Å²) >= 11 is 0. The number of halogens is 8. The second-order valence-electron chi connectivity index (χ2n) is 6.41. The number of piperazine rings is 1. The number of nitrogens with one attached hydrogen (secondary N) is 1. The van der Waals surface area contributed by atoms with Gasteiger partial charge in [-0.05, 0) is 29.7 Å². The van der Waals surface area contributed by atoms with E-state index in [4.69, 9.17) is 0 Å². The highest BCUT2D eigenvalue weighted by Gasteiger charge is 2.40. The van der Waals surface area contributed by atoms with Gasteiger partial charge in [-0.2, -0.15) is 26.3 Å². The molecule has 1 unspecified atom stereocenters. The summed E-state index contributed by atoms with van der Waals surface area (Å²) in [6.07, 6.45) is -8.80. The van der Waals surface area contributed by atoms with Gasteiger partial charge in [-0.1, -0.05) is 20.3 Å². The fourth-order valence-electron chi connectivity index (χ4n) is 3.29. The number of benzene rings is 1. The molecule has 158 valence electrons. The highest BCUT2D eigenvalue weighted by molar-refractivity contribution is 5.85. The fraction of sp³-hybridized carbons (Fsp3) is 0.647. The number of hydrogen-bond acceptors (Lipinski definition) is 2. The van der Waals surface area contributed by atoms with E-state index in [2.05, 4.69) is 5.32 Å². The van der Waals surface area contributed by atoms with E-state index in [1.54, 1.807) is 6.92 Å². The van der Waals surface area contributed by atoms with Gasteiger partial charge in [0.2, 0.25) is 0 Å². The molecular weight excluding hydrogens is 417 g/mol. The highest BCUT2D eigenvalue weighted by Crippen LogP contribution is 2.42. The Balaban J connectivity index is 0.00000338. The van der Waals surface area contributed by atoms with E-state index in [-0.39, 0.29) is 36.3 Å². The molecule has 27 heavy (non-hydrogen) atoms. The van der Waals surface area contributed by atoms with Crippen LogP contribution in [0, 0.1) is 5.92 Å². The van der Waals surface area contributed by atoms with Crippen LogP contribution in [0.1, 0.15) is 43.0 Å². The molecule has 1 aromatic rings. The molecule has 0 saturated carbocycles. The molecule has 10 heteroatoms. The van der Waals surface area contributed by atoms with Crippen LogP contribution in [0.4, 0.5) is 26.3 Å². The van der Waals surface area contributed by atoms with E-state index in [9.17, 15) is 26.3 Å². The monoisotopic (exact) mass is 440 g/mol. The Morgan fingerprint density at radius 1 is 1.00 bits per heavy atom. The van der Waals surface area contributed by atoms with Gasteiger partial charge in [0.1, 0.15) is 0 Å². The molecule has 2 atom stereocenters. The molecule has 1 aliphatic heterocycles. The Kier molecular flexibility index (Phi) is 9.92.